The van der Waals surface area contributed by atoms with E-state index < -0.39 is 52.9 Å². The Labute approximate surface area is 288 Å². The predicted octanol–water partition coefficient (Wildman–Crippen LogP) is 5.39. The molecule has 12 nitrogen and oxygen atoms in total. The number of hydrogen-bond donors (Lipinski definition) is 2. The normalized spacial score (nSPS) is 14.7. The van der Waals surface area contributed by atoms with Gasteiger partial charge in [0.2, 0.25) is 0 Å². The van der Waals surface area contributed by atoms with Crippen molar-refractivity contribution < 1.29 is 39.5 Å². The number of aromatic nitrogens is 2. The van der Waals surface area contributed by atoms with E-state index in [1.165, 1.54) is 16.7 Å². The number of hydrogen-bond acceptors (Lipinski definition) is 11. The number of sulfone groups is 1. The molecule has 268 valence electrons. The van der Waals surface area contributed by atoms with Crippen LogP contribution < -0.4 is 10.0 Å². The number of ether oxygens (including phenoxy) is 1. The number of rotatable bonds is 12. The van der Waals surface area contributed by atoms with Gasteiger partial charge in [-0.15, -0.1) is 11.8 Å². The molecule has 0 fully saturated rings. The molecule has 1 aliphatic rings. The number of benzene rings is 2. The number of nitrogens with one attached hydrogen (secondary N) is 2. The molecule has 4 rings (SSSR count). The molecule has 2 heterocycles. The van der Waals surface area contributed by atoms with E-state index >= 15 is 0 Å². The summed E-state index contributed by atoms with van der Waals surface area (Å²) in [5, 5.41) is 2.94. The molecule has 0 aliphatic carbocycles. The van der Waals surface area contributed by atoms with Crippen LogP contribution in [0.1, 0.15) is 38.4 Å². The van der Waals surface area contributed by atoms with Crippen molar-refractivity contribution in [1.82, 2.24) is 19.8 Å². The zero-order chi connectivity index (χ0) is 36.2. The second kappa shape index (κ2) is 15.1. The minimum Gasteiger partial charge on any atom is -0.444 e. The highest BCUT2D eigenvalue weighted by Crippen LogP contribution is 2.37. The van der Waals surface area contributed by atoms with Crippen molar-refractivity contribution in [3.05, 3.63) is 66.1 Å². The third-order valence-corrected chi connectivity index (χ3v) is 11.3. The van der Waals surface area contributed by atoms with Crippen molar-refractivity contribution in [1.29, 1.82) is 0 Å². The van der Waals surface area contributed by atoms with Crippen molar-refractivity contribution in [3.8, 4) is 0 Å². The summed E-state index contributed by atoms with van der Waals surface area (Å²) in [7, 11) is -6.99. The Kier molecular flexibility index (Phi) is 11.8. The van der Waals surface area contributed by atoms with Crippen LogP contribution in [-0.2, 0) is 37.6 Å². The van der Waals surface area contributed by atoms with Gasteiger partial charge in [0.25, 0.3) is 19.9 Å². The van der Waals surface area contributed by atoms with Gasteiger partial charge in [0.15, 0.2) is 0 Å². The lowest BCUT2D eigenvalue weighted by atomic mass is 10.1. The van der Waals surface area contributed by atoms with Gasteiger partial charge >= 0.3 is 11.6 Å². The van der Waals surface area contributed by atoms with Crippen molar-refractivity contribution >= 4 is 49.2 Å². The van der Waals surface area contributed by atoms with Crippen LogP contribution in [0.2, 0.25) is 0 Å². The number of nitrogens with zero attached hydrogens (tertiary/aromatic N) is 4. The molecule has 2 aromatic carbocycles. The van der Waals surface area contributed by atoms with Crippen molar-refractivity contribution in [3.63, 3.8) is 0 Å². The number of carbonyl (C=O) groups is 1. The van der Waals surface area contributed by atoms with Gasteiger partial charge in [-0.1, -0.05) is 18.2 Å². The van der Waals surface area contributed by atoms with Gasteiger partial charge in [-0.25, -0.2) is 31.6 Å². The smallest absolute Gasteiger partial charge is 0.444 e. The second-order valence-electron chi connectivity index (χ2n) is 12.6. The fraction of sp³-hybridized carbons (Fsp3) is 0.452. The predicted molar refractivity (Wildman–Crippen MR) is 181 cm³/mol. The molecule has 1 unspecified atom stereocenters. The number of sulfonamides is 1. The van der Waals surface area contributed by atoms with Crippen molar-refractivity contribution in [2.75, 3.05) is 43.0 Å². The minimum atomic E-state index is -6.00. The van der Waals surface area contributed by atoms with Gasteiger partial charge < -0.3 is 19.9 Å². The van der Waals surface area contributed by atoms with Crippen LogP contribution in [0.15, 0.2) is 69.5 Å². The Balaban J connectivity index is 1.65. The SMILES string of the molecule is CN(C)CCC(CSc1ccccc1)Nc1ccc(S(=O)(=O)Nc2ncnc3c2CCN(C(=O)OC(C)(C)C)C3)cc1S(=O)(=O)C(F)(F)F. The van der Waals surface area contributed by atoms with E-state index in [9.17, 15) is 34.8 Å². The second-order valence-corrected chi connectivity index (χ2v) is 17.3. The highest BCUT2D eigenvalue weighted by molar-refractivity contribution is 7.99. The average molecular weight is 745 g/mol. The number of carbonyl (C=O) groups excluding carboxylic acids is 1. The zero-order valence-electron chi connectivity index (χ0n) is 27.6. The number of fused-ring (bicyclic) bond motifs is 1. The van der Waals surface area contributed by atoms with Crippen LogP contribution >= 0.6 is 11.8 Å². The van der Waals surface area contributed by atoms with Gasteiger partial charge in [0.1, 0.15) is 22.6 Å². The first-order chi connectivity index (χ1) is 22.8. The van der Waals surface area contributed by atoms with E-state index in [1.807, 2.05) is 49.3 Å². The average Bonchev–Trinajstić information content (AvgIpc) is 3.01. The van der Waals surface area contributed by atoms with Crippen molar-refractivity contribution in [2.45, 2.75) is 72.0 Å². The monoisotopic (exact) mass is 744 g/mol. The Morgan fingerprint density at radius 2 is 1.76 bits per heavy atom. The van der Waals surface area contributed by atoms with Crippen LogP contribution in [0.3, 0.4) is 0 Å². The molecule has 1 aliphatic heterocycles. The topological polar surface area (TPSA) is 151 Å². The first-order valence-electron chi connectivity index (χ1n) is 15.1. The maximum Gasteiger partial charge on any atom is 0.501 e. The lowest BCUT2D eigenvalue weighted by Crippen LogP contribution is -2.40. The maximum absolute atomic E-state index is 14.0. The molecule has 0 spiro atoms. The van der Waals surface area contributed by atoms with Crippen LogP contribution in [0, 0.1) is 0 Å². The third kappa shape index (κ3) is 9.98. The quantitative estimate of drug-likeness (QED) is 0.230. The van der Waals surface area contributed by atoms with E-state index in [1.54, 1.807) is 20.8 Å². The van der Waals surface area contributed by atoms with E-state index in [4.69, 9.17) is 4.74 Å². The minimum absolute atomic E-state index is 0.00732. The lowest BCUT2D eigenvalue weighted by Gasteiger charge is -2.31. The zero-order valence-corrected chi connectivity index (χ0v) is 30.1. The van der Waals surface area contributed by atoms with Crippen molar-refractivity contribution in [2.24, 2.45) is 0 Å². The summed E-state index contributed by atoms with van der Waals surface area (Å²) in [5.74, 6) is 0.243. The molecule has 49 heavy (non-hydrogen) atoms. The number of anilines is 2. The van der Waals surface area contributed by atoms with Crippen LogP contribution in [0.5, 0.6) is 0 Å². The largest absolute Gasteiger partial charge is 0.501 e. The Hall–Kier alpha value is -3.61. The number of thioether (sulfide) groups is 1. The summed E-state index contributed by atoms with van der Waals surface area (Å²) in [5.41, 5.74) is -6.09. The van der Waals surface area contributed by atoms with Gasteiger partial charge in [0.05, 0.1) is 22.8 Å². The molecule has 18 heteroatoms. The van der Waals surface area contributed by atoms with E-state index in [0.29, 0.717) is 36.0 Å². The fourth-order valence-corrected chi connectivity index (χ4v) is 7.88. The molecule has 0 saturated carbocycles. The van der Waals surface area contributed by atoms with E-state index in [0.717, 1.165) is 23.4 Å². The molecule has 1 aromatic heterocycles. The molecule has 2 N–H and O–H groups in total. The molecule has 1 amide bonds. The third-order valence-electron chi connectivity index (χ3n) is 7.23. The summed E-state index contributed by atoms with van der Waals surface area (Å²) in [6.07, 6.45) is 1.11. The molecule has 1 atom stereocenters. The fourth-order valence-electron chi connectivity index (χ4n) is 4.79. The molecule has 3 aromatic rings. The van der Waals surface area contributed by atoms with E-state index in [-0.39, 0.29) is 31.0 Å². The number of halogens is 3. The summed E-state index contributed by atoms with van der Waals surface area (Å²) in [6.45, 7) is 5.88. The van der Waals surface area contributed by atoms with Crippen LogP contribution in [0.25, 0.3) is 0 Å². The summed E-state index contributed by atoms with van der Waals surface area (Å²) >= 11 is 1.44. The van der Waals surface area contributed by atoms with Crippen LogP contribution in [0.4, 0.5) is 29.5 Å². The van der Waals surface area contributed by atoms with Gasteiger partial charge in [-0.2, -0.15) is 13.2 Å². The summed E-state index contributed by atoms with van der Waals surface area (Å²) in [6, 6.07) is 11.4. The van der Waals surface area contributed by atoms with Gasteiger partial charge in [-0.05, 0) is 84.6 Å². The highest BCUT2D eigenvalue weighted by Gasteiger charge is 2.48. The molecule has 0 saturated heterocycles. The summed E-state index contributed by atoms with van der Waals surface area (Å²) in [4.78, 5) is 23.0. The maximum atomic E-state index is 14.0. The highest BCUT2D eigenvalue weighted by atomic mass is 32.2. The first kappa shape index (κ1) is 38.2. The lowest BCUT2D eigenvalue weighted by molar-refractivity contribution is -0.0436. The standard InChI is InChI=1S/C31H39F3N6O6S3/c1-30(2,3)46-29(41)40-16-14-24-26(18-40)35-20-36-28(24)38-49(44,45)23-11-12-25(27(17-23)48(42,43)31(32,33)34)37-21(13-15-39(4)5)19-47-22-9-7-6-8-10-22/h6-12,17,20-21,37H,13-16,18-19H2,1-5H3,(H,35,36,38). The molecular weight excluding hydrogens is 706 g/mol. The first-order valence-corrected chi connectivity index (χ1v) is 19.1. The molecular formula is C31H39F3N6O6S3. The van der Waals surface area contributed by atoms with Gasteiger partial charge in [0, 0.05) is 28.8 Å². The van der Waals surface area contributed by atoms with E-state index in [2.05, 4.69) is 20.0 Å². The Morgan fingerprint density at radius 3 is 2.39 bits per heavy atom. The van der Waals surface area contributed by atoms with Gasteiger partial charge in [-0.3, -0.25) is 4.72 Å². The number of alkyl halides is 3. The Morgan fingerprint density at radius 1 is 1.06 bits per heavy atom. The molecule has 0 bridgehead atoms. The van der Waals surface area contributed by atoms with Crippen LogP contribution in [-0.4, -0.2) is 92.8 Å². The summed E-state index contributed by atoms with van der Waals surface area (Å²) < 4.78 is 102. The number of amides is 1. The molecule has 0 radical (unpaired) electrons. The Bertz CT molecular complexity index is 1850.